The zero-order valence-corrected chi connectivity index (χ0v) is 35.1. The zero-order chi connectivity index (χ0) is 39.1. The van der Waals surface area contributed by atoms with Gasteiger partial charge in [0, 0.05) is 27.9 Å². The molecule has 6 aromatic carbocycles. The maximum absolute atomic E-state index is 2.67. The summed E-state index contributed by atoms with van der Waals surface area (Å²) in [6.07, 6.45) is 8.28. The molecule has 4 saturated carbocycles. The largest absolute Gasteiger partial charge is 0.310 e. The van der Waals surface area contributed by atoms with Gasteiger partial charge in [-0.05, 0) is 182 Å². The van der Waals surface area contributed by atoms with Gasteiger partial charge < -0.3 is 4.90 Å². The lowest BCUT2D eigenvalue weighted by molar-refractivity contribution is -0.231. The standard InChI is InChI=1S/C57H55N/c1-53(2)26-27-54(3,4)52-40(14-11-17-47(52)53)35-18-20-37(21-19-35)58(38-22-24-43-41-12-7-9-15-45(41)55(5,6)48(43)31-38)39-23-25-44-42-13-8-10-16-46(42)57(49(44)32-39)50-29-34-28-36-30-51(57)56(36,50)33-34/h7-25,31-32,34,36,50-51H,26-30,33H2,1-6H3. The van der Waals surface area contributed by atoms with E-state index >= 15 is 0 Å². The highest BCUT2D eigenvalue weighted by molar-refractivity contribution is 5.90. The van der Waals surface area contributed by atoms with Gasteiger partial charge in [-0.1, -0.05) is 133 Å². The van der Waals surface area contributed by atoms with E-state index < -0.39 is 0 Å². The van der Waals surface area contributed by atoms with Gasteiger partial charge in [0.2, 0.25) is 0 Å². The van der Waals surface area contributed by atoms with Crippen LogP contribution in [0.4, 0.5) is 17.1 Å². The van der Waals surface area contributed by atoms with Crippen LogP contribution in [0.3, 0.4) is 0 Å². The molecule has 13 rings (SSSR count). The SMILES string of the molecule is CC1(C)CCC(C)(C)c2c(-c3ccc(N(c4ccc5c(c4)C(C)(C)c4ccccc4-5)c4ccc5c(c4)C4(c6ccccc6-5)C5CC6CC7CC4C75C6)cc3)cccc21. The molecule has 6 unspecified atom stereocenters. The molecule has 6 atom stereocenters. The van der Waals surface area contributed by atoms with E-state index in [9.17, 15) is 0 Å². The Morgan fingerprint density at radius 2 is 1.03 bits per heavy atom. The molecule has 0 saturated heterocycles. The van der Waals surface area contributed by atoms with Crippen molar-refractivity contribution in [3.63, 3.8) is 0 Å². The van der Waals surface area contributed by atoms with Gasteiger partial charge in [-0.15, -0.1) is 0 Å². The average molecular weight is 754 g/mol. The summed E-state index contributed by atoms with van der Waals surface area (Å²) in [5, 5.41) is 0. The number of benzene rings is 6. The molecule has 288 valence electrons. The van der Waals surface area contributed by atoms with Crippen molar-refractivity contribution in [2.75, 3.05) is 4.90 Å². The quantitative estimate of drug-likeness (QED) is 0.173. The van der Waals surface area contributed by atoms with Crippen molar-refractivity contribution in [2.24, 2.45) is 29.1 Å². The Labute approximate surface area is 345 Å². The van der Waals surface area contributed by atoms with Crippen LogP contribution in [0.25, 0.3) is 33.4 Å². The molecular weight excluding hydrogens is 699 g/mol. The first-order chi connectivity index (χ1) is 27.9. The highest BCUT2D eigenvalue weighted by atomic mass is 15.1. The molecule has 58 heavy (non-hydrogen) atoms. The lowest BCUT2D eigenvalue weighted by atomic mass is 9.27. The molecule has 0 amide bonds. The average Bonchev–Trinajstić information content (AvgIpc) is 3.92. The summed E-state index contributed by atoms with van der Waals surface area (Å²) < 4.78 is 0. The van der Waals surface area contributed by atoms with E-state index in [1.807, 2.05) is 0 Å². The molecule has 4 fully saturated rings. The van der Waals surface area contributed by atoms with Gasteiger partial charge in [0.25, 0.3) is 0 Å². The first kappa shape index (κ1) is 34.0. The van der Waals surface area contributed by atoms with E-state index in [1.165, 1.54) is 111 Å². The van der Waals surface area contributed by atoms with Crippen LogP contribution in [-0.4, -0.2) is 0 Å². The molecule has 7 aliphatic rings. The number of anilines is 3. The van der Waals surface area contributed by atoms with Crippen LogP contribution in [0.1, 0.15) is 113 Å². The molecule has 7 aliphatic carbocycles. The molecule has 0 aromatic heterocycles. The van der Waals surface area contributed by atoms with Crippen LogP contribution in [-0.2, 0) is 21.7 Å². The normalized spacial score (nSPS) is 29.7. The Balaban J connectivity index is 0.985. The summed E-state index contributed by atoms with van der Waals surface area (Å²) in [5.41, 5.74) is 22.4. The van der Waals surface area contributed by atoms with Gasteiger partial charge in [0.1, 0.15) is 0 Å². The third-order valence-corrected chi connectivity index (χ3v) is 18.0. The second kappa shape index (κ2) is 10.8. The molecule has 0 aliphatic heterocycles. The third kappa shape index (κ3) is 3.91. The van der Waals surface area contributed by atoms with Crippen LogP contribution >= 0.6 is 0 Å². The monoisotopic (exact) mass is 753 g/mol. The Hall–Kier alpha value is -4.88. The third-order valence-electron chi connectivity index (χ3n) is 18.0. The minimum atomic E-state index is -0.0725. The van der Waals surface area contributed by atoms with Crippen LogP contribution in [0, 0.1) is 29.1 Å². The summed E-state index contributed by atoms with van der Waals surface area (Å²) in [7, 11) is 0. The molecule has 2 spiro atoms. The number of fused-ring (bicyclic) bond motifs is 12. The van der Waals surface area contributed by atoms with Crippen molar-refractivity contribution in [2.45, 2.75) is 102 Å². The predicted octanol–water partition coefficient (Wildman–Crippen LogP) is 14.8. The minimum absolute atomic E-state index is 0.0725. The summed E-state index contributed by atoms with van der Waals surface area (Å²) in [5.74, 6) is 3.50. The number of hydrogen-bond acceptors (Lipinski definition) is 1. The van der Waals surface area contributed by atoms with Crippen molar-refractivity contribution >= 4 is 17.1 Å². The van der Waals surface area contributed by atoms with E-state index in [2.05, 4.69) is 174 Å². The summed E-state index contributed by atoms with van der Waals surface area (Å²) >= 11 is 0. The van der Waals surface area contributed by atoms with Crippen LogP contribution < -0.4 is 4.90 Å². The van der Waals surface area contributed by atoms with Crippen molar-refractivity contribution < 1.29 is 0 Å². The lowest BCUT2D eigenvalue weighted by Gasteiger charge is -2.76. The fraction of sp³-hybridized carbons (Fsp3) is 0.368. The number of rotatable bonds is 4. The van der Waals surface area contributed by atoms with Crippen molar-refractivity contribution in [3.05, 3.63) is 161 Å². The first-order valence-electron chi connectivity index (χ1n) is 22.5. The predicted molar refractivity (Wildman–Crippen MR) is 240 cm³/mol. The molecular formula is C57H55N. The molecule has 0 N–H and O–H groups in total. The zero-order valence-electron chi connectivity index (χ0n) is 35.1. The van der Waals surface area contributed by atoms with Gasteiger partial charge in [-0.25, -0.2) is 0 Å². The summed E-state index contributed by atoms with van der Waals surface area (Å²) in [6.45, 7) is 14.6. The Bertz CT molecular complexity index is 2760. The smallest absolute Gasteiger partial charge is 0.0465 e. The van der Waals surface area contributed by atoms with E-state index in [0.29, 0.717) is 5.41 Å². The van der Waals surface area contributed by atoms with Crippen molar-refractivity contribution in [3.8, 4) is 33.4 Å². The van der Waals surface area contributed by atoms with Gasteiger partial charge in [-0.3, -0.25) is 0 Å². The summed E-state index contributed by atoms with van der Waals surface area (Å²) in [6, 6.07) is 50.2. The second-order valence-corrected chi connectivity index (χ2v) is 21.6. The van der Waals surface area contributed by atoms with E-state index in [0.717, 1.165) is 23.7 Å². The Morgan fingerprint density at radius 1 is 0.466 bits per heavy atom. The topological polar surface area (TPSA) is 3.24 Å². The highest BCUT2D eigenvalue weighted by Gasteiger charge is 2.84. The van der Waals surface area contributed by atoms with Gasteiger partial charge in [0.15, 0.2) is 0 Å². The number of nitrogens with zero attached hydrogens (tertiary/aromatic N) is 1. The number of hydrogen-bond donors (Lipinski definition) is 0. The molecule has 0 radical (unpaired) electrons. The van der Waals surface area contributed by atoms with Crippen LogP contribution in [0.5, 0.6) is 0 Å². The van der Waals surface area contributed by atoms with Crippen LogP contribution in [0.2, 0.25) is 0 Å². The molecule has 6 aromatic rings. The first-order valence-corrected chi connectivity index (χ1v) is 22.5. The van der Waals surface area contributed by atoms with E-state index in [4.69, 9.17) is 0 Å². The van der Waals surface area contributed by atoms with Crippen molar-refractivity contribution in [1.29, 1.82) is 0 Å². The minimum Gasteiger partial charge on any atom is -0.310 e. The molecule has 1 heteroatoms. The second-order valence-electron chi connectivity index (χ2n) is 21.6. The molecule has 1 nitrogen and oxygen atoms in total. The molecule has 0 heterocycles. The summed E-state index contributed by atoms with van der Waals surface area (Å²) in [4.78, 5) is 2.59. The van der Waals surface area contributed by atoms with E-state index in [-0.39, 0.29) is 21.7 Å². The highest BCUT2D eigenvalue weighted by Crippen LogP contribution is 2.89. The maximum atomic E-state index is 2.67. The maximum Gasteiger partial charge on any atom is 0.0465 e. The fourth-order valence-corrected chi connectivity index (χ4v) is 15.5. The van der Waals surface area contributed by atoms with Gasteiger partial charge in [0.05, 0.1) is 0 Å². The lowest BCUT2D eigenvalue weighted by Crippen LogP contribution is -2.73. The van der Waals surface area contributed by atoms with Gasteiger partial charge >= 0.3 is 0 Å². The Morgan fingerprint density at radius 3 is 1.78 bits per heavy atom. The fourth-order valence-electron chi connectivity index (χ4n) is 15.5. The molecule has 2 bridgehead atoms. The van der Waals surface area contributed by atoms with Gasteiger partial charge in [-0.2, -0.15) is 0 Å². The Kier molecular flexibility index (Phi) is 6.36. The van der Waals surface area contributed by atoms with Crippen LogP contribution in [0.15, 0.2) is 127 Å². The van der Waals surface area contributed by atoms with E-state index in [1.54, 1.807) is 11.1 Å². The van der Waals surface area contributed by atoms with Crippen molar-refractivity contribution in [1.82, 2.24) is 0 Å².